The molecule has 0 aromatic carbocycles. The molecular formula is C7H9N5O. The lowest BCUT2D eigenvalue weighted by molar-refractivity contribution is -0.116. The van der Waals surface area contributed by atoms with Crippen LogP contribution in [-0.2, 0) is 4.79 Å². The Balaban J connectivity index is 2.44. The van der Waals surface area contributed by atoms with Crippen molar-refractivity contribution >= 4 is 23.8 Å². The van der Waals surface area contributed by atoms with Gasteiger partial charge in [0.15, 0.2) is 17.3 Å². The van der Waals surface area contributed by atoms with E-state index in [9.17, 15) is 4.79 Å². The Kier molecular flexibility index (Phi) is 1.53. The average molecular weight is 179 g/mol. The number of carbonyl (C=O) groups excluding carboxylic acids is 1. The predicted molar refractivity (Wildman–Crippen MR) is 48.7 cm³/mol. The van der Waals surface area contributed by atoms with E-state index in [0.717, 1.165) is 0 Å². The summed E-state index contributed by atoms with van der Waals surface area (Å²) in [5, 5.41) is 2.55. The molecule has 6 nitrogen and oxygen atoms in total. The number of rotatable bonds is 1. The Morgan fingerprint density at radius 1 is 1.69 bits per heavy atom. The van der Waals surface area contributed by atoms with Gasteiger partial charge in [-0.25, -0.2) is 15.0 Å². The maximum Gasteiger partial charge on any atom is 0.276 e. The number of carbonyl (C=O) groups is 1. The third kappa shape index (κ3) is 1.15. The predicted octanol–water partition coefficient (Wildman–Crippen LogP) is -0.980. The highest BCUT2D eigenvalue weighted by molar-refractivity contribution is 6.69. The number of hydrogen-bond donors (Lipinski definition) is 2. The molecule has 0 radical (unpaired) electrons. The average Bonchev–Trinajstić information content (AvgIpc) is 2.52. The zero-order valence-electron chi connectivity index (χ0n) is 7.11. The van der Waals surface area contributed by atoms with Crippen LogP contribution in [0.15, 0.2) is 15.0 Å². The Bertz CT molecular complexity index is 356. The van der Waals surface area contributed by atoms with E-state index < -0.39 is 5.79 Å². The zero-order chi connectivity index (χ0) is 9.47. The highest BCUT2D eigenvalue weighted by atomic mass is 16.2. The van der Waals surface area contributed by atoms with Crippen LogP contribution in [-0.4, -0.2) is 29.6 Å². The van der Waals surface area contributed by atoms with Gasteiger partial charge in [0.25, 0.3) is 5.91 Å². The summed E-state index contributed by atoms with van der Waals surface area (Å²) in [4.78, 5) is 23.0. The van der Waals surface area contributed by atoms with Crippen LogP contribution >= 0.6 is 0 Å². The first-order valence-electron chi connectivity index (χ1n) is 3.96. The fraction of sp³-hybridized carbons (Fsp3) is 0.429. The second-order valence-electron chi connectivity index (χ2n) is 2.89. The van der Waals surface area contributed by atoms with Crippen LogP contribution in [0.5, 0.6) is 0 Å². The second kappa shape index (κ2) is 2.46. The first-order valence-corrected chi connectivity index (χ1v) is 3.96. The lowest BCUT2D eigenvalue weighted by atomic mass is 10.2. The van der Waals surface area contributed by atoms with E-state index in [1.807, 2.05) is 6.92 Å². The van der Waals surface area contributed by atoms with Gasteiger partial charge in [0.2, 0.25) is 0 Å². The van der Waals surface area contributed by atoms with Crippen LogP contribution in [0.1, 0.15) is 13.3 Å². The molecule has 2 aliphatic heterocycles. The summed E-state index contributed by atoms with van der Waals surface area (Å²) < 4.78 is 0. The molecule has 0 aromatic rings. The van der Waals surface area contributed by atoms with Crippen LogP contribution in [0, 0.1) is 0 Å². The Labute approximate surface area is 74.7 Å². The molecule has 0 bridgehead atoms. The molecule has 68 valence electrons. The van der Waals surface area contributed by atoms with Crippen LogP contribution in [0.25, 0.3) is 0 Å². The van der Waals surface area contributed by atoms with Gasteiger partial charge in [0.1, 0.15) is 6.34 Å². The van der Waals surface area contributed by atoms with Crippen molar-refractivity contribution < 1.29 is 4.79 Å². The highest BCUT2D eigenvalue weighted by Crippen LogP contribution is 2.12. The number of aliphatic imine (C=N–C) groups is 3. The minimum absolute atomic E-state index is 0.245. The van der Waals surface area contributed by atoms with Gasteiger partial charge >= 0.3 is 0 Å². The fourth-order valence-corrected chi connectivity index (χ4v) is 1.14. The summed E-state index contributed by atoms with van der Waals surface area (Å²) in [5.41, 5.74) is 6.00. The maximum atomic E-state index is 11.4. The largest absolute Gasteiger partial charge is 0.314 e. The van der Waals surface area contributed by atoms with Gasteiger partial charge in [-0.15, -0.1) is 0 Å². The molecule has 0 saturated heterocycles. The number of amidine groups is 1. The number of nitrogens with one attached hydrogen (secondary N) is 1. The van der Waals surface area contributed by atoms with Crippen LogP contribution in [0.2, 0.25) is 0 Å². The molecule has 1 amide bonds. The molecule has 13 heavy (non-hydrogen) atoms. The van der Waals surface area contributed by atoms with E-state index in [2.05, 4.69) is 20.3 Å². The lowest BCUT2D eigenvalue weighted by Crippen LogP contribution is -2.60. The molecule has 2 rings (SSSR count). The van der Waals surface area contributed by atoms with E-state index in [1.165, 1.54) is 6.34 Å². The quantitative estimate of drug-likeness (QED) is 0.541. The van der Waals surface area contributed by atoms with Crippen LogP contribution in [0.3, 0.4) is 0 Å². The SMILES string of the molecule is CCC1(N)N=C2N=CN=C2C(=O)N1. The summed E-state index contributed by atoms with van der Waals surface area (Å²) in [6, 6.07) is 0. The highest BCUT2D eigenvalue weighted by Gasteiger charge is 2.35. The Hall–Kier alpha value is -1.56. The lowest BCUT2D eigenvalue weighted by Gasteiger charge is -2.28. The maximum absolute atomic E-state index is 11.4. The third-order valence-electron chi connectivity index (χ3n) is 1.97. The van der Waals surface area contributed by atoms with Crippen molar-refractivity contribution in [3.05, 3.63) is 0 Å². The van der Waals surface area contributed by atoms with E-state index in [-0.39, 0.29) is 11.6 Å². The molecule has 6 heteroatoms. The smallest absolute Gasteiger partial charge is 0.276 e. The fourth-order valence-electron chi connectivity index (χ4n) is 1.14. The van der Waals surface area contributed by atoms with Crippen LogP contribution < -0.4 is 11.1 Å². The van der Waals surface area contributed by atoms with E-state index in [1.54, 1.807) is 0 Å². The van der Waals surface area contributed by atoms with Gasteiger partial charge in [-0.05, 0) is 0 Å². The normalized spacial score (nSPS) is 30.8. The number of amides is 1. The molecule has 0 fully saturated rings. The number of nitrogens with zero attached hydrogens (tertiary/aromatic N) is 3. The minimum Gasteiger partial charge on any atom is -0.314 e. The molecule has 3 N–H and O–H groups in total. The number of hydrogen-bond acceptors (Lipinski definition) is 5. The first kappa shape index (κ1) is 8.06. The van der Waals surface area contributed by atoms with Gasteiger partial charge in [-0.2, -0.15) is 0 Å². The topological polar surface area (TPSA) is 92.2 Å². The molecule has 0 saturated carbocycles. The summed E-state index contributed by atoms with van der Waals surface area (Å²) in [6.45, 7) is 1.84. The van der Waals surface area contributed by atoms with Crippen LogP contribution in [0.4, 0.5) is 0 Å². The van der Waals surface area contributed by atoms with Crippen molar-refractivity contribution in [2.45, 2.75) is 19.1 Å². The van der Waals surface area contributed by atoms with Crippen molar-refractivity contribution in [3.63, 3.8) is 0 Å². The Morgan fingerprint density at radius 2 is 2.46 bits per heavy atom. The van der Waals surface area contributed by atoms with Crippen molar-refractivity contribution in [2.75, 3.05) is 0 Å². The minimum atomic E-state index is -1.02. The Morgan fingerprint density at radius 3 is 3.15 bits per heavy atom. The van der Waals surface area contributed by atoms with Crippen molar-refractivity contribution in [1.82, 2.24) is 5.32 Å². The van der Waals surface area contributed by atoms with Gasteiger partial charge < -0.3 is 5.32 Å². The third-order valence-corrected chi connectivity index (χ3v) is 1.97. The molecule has 2 aliphatic rings. The monoisotopic (exact) mass is 179 g/mol. The van der Waals surface area contributed by atoms with E-state index in [0.29, 0.717) is 12.3 Å². The first-order chi connectivity index (χ1) is 6.14. The standard InChI is InChI=1S/C7H9N5O/c1-2-7(8)11-5-4(6(13)12-7)9-3-10-5/h3H,2,8H2,1H3,(H,12,13). The van der Waals surface area contributed by atoms with Gasteiger partial charge in [0, 0.05) is 6.42 Å². The molecule has 1 unspecified atom stereocenters. The molecule has 0 aromatic heterocycles. The summed E-state index contributed by atoms with van der Waals surface area (Å²) in [5.74, 6) is -1.01. The van der Waals surface area contributed by atoms with E-state index >= 15 is 0 Å². The summed E-state index contributed by atoms with van der Waals surface area (Å²) >= 11 is 0. The molecular weight excluding hydrogens is 170 g/mol. The molecule has 0 spiro atoms. The zero-order valence-corrected chi connectivity index (χ0v) is 7.11. The van der Waals surface area contributed by atoms with Gasteiger partial charge in [-0.1, -0.05) is 6.92 Å². The van der Waals surface area contributed by atoms with Crippen molar-refractivity contribution in [3.8, 4) is 0 Å². The molecule has 1 atom stereocenters. The van der Waals surface area contributed by atoms with Gasteiger partial charge in [-0.3, -0.25) is 10.5 Å². The number of fused-ring (bicyclic) bond motifs is 1. The molecule has 0 aliphatic carbocycles. The van der Waals surface area contributed by atoms with Crippen molar-refractivity contribution in [2.24, 2.45) is 20.7 Å². The summed E-state index contributed by atoms with van der Waals surface area (Å²) in [7, 11) is 0. The van der Waals surface area contributed by atoms with E-state index in [4.69, 9.17) is 5.73 Å². The second-order valence-corrected chi connectivity index (χ2v) is 2.89. The van der Waals surface area contributed by atoms with Crippen molar-refractivity contribution in [1.29, 1.82) is 0 Å². The number of nitrogens with two attached hydrogens (primary N) is 1. The summed E-state index contributed by atoms with van der Waals surface area (Å²) in [6.07, 6.45) is 1.82. The molecule has 2 heterocycles. The van der Waals surface area contributed by atoms with Gasteiger partial charge in [0.05, 0.1) is 0 Å².